The average molecular weight is 495 g/mol. The Morgan fingerprint density at radius 3 is 2.09 bits per heavy atom. The predicted molar refractivity (Wildman–Crippen MR) is 130 cm³/mol. The van der Waals surface area contributed by atoms with Crippen LogP contribution in [0.25, 0.3) is 11.4 Å². The molecule has 0 aliphatic heterocycles. The van der Waals surface area contributed by atoms with Gasteiger partial charge in [-0.25, -0.2) is 14.8 Å². The molecule has 35 heavy (non-hydrogen) atoms. The Bertz CT molecular complexity index is 855. The summed E-state index contributed by atoms with van der Waals surface area (Å²) in [6.45, 7) is 3.56. The van der Waals surface area contributed by atoms with E-state index in [-0.39, 0.29) is 12.2 Å². The lowest BCUT2D eigenvalue weighted by atomic mass is 10.0. The zero-order valence-corrected chi connectivity index (χ0v) is 20.8. The Morgan fingerprint density at radius 2 is 1.49 bits per heavy atom. The summed E-state index contributed by atoms with van der Waals surface area (Å²) in [7, 11) is 0. The highest BCUT2D eigenvalue weighted by atomic mass is 19.4. The lowest BCUT2D eigenvalue weighted by molar-refractivity contribution is -0.217. The average Bonchev–Trinajstić information content (AvgIpc) is 2.85. The number of ether oxygens (including phenoxy) is 2. The molecule has 2 aromatic rings. The molecule has 0 fully saturated rings. The van der Waals surface area contributed by atoms with Crippen LogP contribution in [0.1, 0.15) is 87.6 Å². The van der Waals surface area contributed by atoms with E-state index >= 15 is 0 Å². The standard InChI is InChI=1S/C27H37F3N2O3/c1-3-5-7-8-9-10-11-12-21-13-15-22(16-14-21)25-31-18-23(19-32-25)26(33)35-24(27(28,29)30)20-34-17-6-4-2/h13-16,18-19,24H,3-12,17,20H2,1-2H3. The maximum Gasteiger partial charge on any atom is 0.427 e. The number of hydrogen-bond donors (Lipinski definition) is 0. The molecular formula is C27H37F3N2O3. The van der Waals surface area contributed by atoms with Crippen molar-refractivity contribution in [1.29, 1.82) is 0 Å². The molecule has 1 atom stereocenters. The molecule has 2 rings (SSSR count). The molecule has 1 heterocycles. The molecule has 0 amide bonds. The van der Waals surface area contributed by atoms with Gasteiger partial charge >= 0.3 is 12.1 Å². The van der Waals surface area contributed by atoms with Gasteiger partial charge in [0, 0.05) is 24.6 Å². The van der Waals surface area contributed by atoms with E-state index in [4.69, 9.17) is 4.74 Å². The first-order chi connectivity index (χ1) is 16.8. The highest BCUT2D eigenvalue weighted by Crippen LogP contribution is 2.25. The van der Waals surface area contributed by atoms with E-state index in [9.17, 15) is 18.0 Å². The molecule has 8 heteroatoms. The molecule has 1 aromatic heterocycles. The number of aryl methyl sites for hydroxylation is 1. The number of carbonyl (C=O) groups excluding carboxylic acids is 1. The molecule has 194 valence electrons. The van der Waals surface area contributed by atoms with Gasteiger partial charge in [0.2, 0.25) is 6.10 Å². The van der Waals surface area contributed by atoms with Crippen molar-refractivity contribution in [2.24, 2.45) is 0 Å². The highest BCUT2D eigenvalue weighted by Gasteiger charge is 2.43. The van der Waals surface area contributed by atoms with E-state index < -0.39 is 24.9 Å². The van der Waals surface area contributed by atoms with Crippen LogP contribution < -0.4 is 0 Å². The fourth-order valence-electron chi connectivity index (χ4n) is 3.52. The topological polar surface area (TPSA) is 61.3 Å². The van der Waals surface area contributed by atoms with Gasteiger partial charge in [0.05, 0.1) is 12.2 Å². The van der Waals surface area contributed by atoms with E-state index in [0.29, 0.717) is 12.2 Å². The van der Waals surface area contributed by atoms with Gasteiger partial charge in [-0.05, 0) is 24.8 Å². The summed E-state index contributed by atoms with van der Waals surface area (Å²) in [5, 5.41) is 0. The molecule has 0 saturated heterocycles. The van der Waals surface area contributed by atoms with Crippen LogP contribution in [0.5, 0.6) is 0 Å². The zero-order chi connectivity index (χ0) is 25.5. The summed E-state index contributed by atoms with van der Waals surface area (Å²) in [5.74, 6) is -0.748. The first-order valence-corrected chi connectivity index (χ1v) is 12.6. The minimum Gasteiger partial charge on any atom is -0.446 e. The first-order valence-electron chi connectivity index (χ1n) is 12.6. The molecule has 1 unspecified atom stereocenters. The van der Waals surface area contributed by atoms with Crippen molar-refractivity contribution in [3.05, 3.63) is 47.8 Å². The van der Waals surface area contributed by atoms with Crippen LogP contribution in [-0.4, -0.2) is 41.4 Å². The number of alkyl halides is 3. The number of hydrogen-bond acceptors (Lipinski definition) is 5. The van der Waals surface area contributed by atoms with Crippen molar-refractivity contribution >= 4 is 5.97 Å². The lowest BCUT2D eigenvalue weighted by Crippen LogP contribution is -2.38. The molecule has 0 aliphatic rings. The number of halogens is 3. The van der Waals surface area contributed by atoms with Gasteiger partial charge in [-0.1, -0.05) is 83.1 Å². The molecular weight excluding hydrogens is 457 g/mol. The molecule has 0 aliphatic carbocycles. The van der Waals surface area contributed by atoms with Crippen molar-refractivity contribution in [3.8, 4) is 11.4 Å². The molecule has 5 nitrogen and oxygen atoms in total. The third kappa shape index (κ3) is 10.8. The molecule has 0 spiro atoms. The predicted octanol–water partition coefficient (Wildman–Crippen LogP) is 7.34. The number of aromatic nitrogens is 2. The third-order valence-electron chi connectivity index (χ3n) is 5.69. The second-order valence-corrected chi connectivity index (χ2v) is 8.73. The van der Waals surface area contributed by atoms with Gasteiger partial charge < -0.3 is 9.47 Å². The smallest absolute Gasteiger partial charge is 0.427 e. The highest BCUT2D eigenvalue weighted by molar-refractivity contribution is 5.89. The number of benzene rings is 1. The SMILES string of the molecule is CCCCCCCCCc1ccc(-c2ncc(C(=O)OC(COCCCC)C(F)(F)F)cn2)cc1. The van der Waals surface area contributed by atoms with E-state index in [1.54, 1.807) is 0 Å². The Labute approximate surface area is 206 Å². The van der Waals surface area contributed by atoms with Crippen molar-refractivity contribution in [2.75, 3.05) is 13.2 Å². The third-order valence-corrected chi connectivity index (χ3v) is 5.69. The van der Waals surface area contributed by atoms with Crippen LogP contribution >= 0.6 is 0 Å². The Morgan fingerprint density at radius 1 is 0.886 bits per heavy atom. The Balaban J connectivity index is 1.86. The van der Waals surface area contributed by atoms with E-state index in [2.05, 4.69) is 21.6 Å². The molecule has 0 radical (unpaired) electrons. The molecule has 0 bridgehead atoms. The van der Waals surface area contributed by atoms with Crippen LogP contribution in [0.2, 0.25) is 0 Å². The van der Waals surface area contributed by atoms with Gasteiger partial charge in [0.15, 0.2) is 5.82 Å². The monoisotopic (exact) mass is 494 g/mol. The fourth-order valence-corrected chi connectivity index (χ4v) is 3.52. The van der Waals surface area contributed by atoms with Crippen molar-refractivity contribution in [2.45, 2.75) is 90.3 Å². The van der Waals surface area contributed by atoms with Gasteiger partial charge in [0.1, 0.15) is 0 Å². The number of nitrogens with zero attached hydrogens (tertiary/aromatic N) is 2. The zero-order valence-electron chi connectivity index (χ0n) is 20.8. The summed E-state index contributed by atoms with van der Waals surface area (Å²) >= 11 is 0. The lowest BCUT2D eigenvalue weighted by Gasteiger charge is -2.20. The van der Waals surface area contributed by atoms with E-state index in [1.807, 2.05) is 31.2 Å². The van der Waals surface area contributed by atoms with Crippen LogP contribution in [0.15, 0.2) is 36.7 Å². The number of unbranched alkanes of at least 4 members (excludes halogenated alkanes) is 7. The minimum absolute atomic E-state index is 0.146. The van der Waals surface area contributed by atoms with Crippen LogP contribution in [0.3, 0.4) is 0 Å². The van der Waals surface area contributed by atoms with Crippen molar-refractivity contribution < 1.29 is 27.4 Å². The van der Waals surface area contributed by atoms with Crippen molar-refractivity contribution in [1.82, 2.24) is 9.97 Å². The quantitative estimate of drug-likeness (QED) is 0.180. The molecule has 0 saturated carbocycles. The van der Waals surface area contributed by atoms with Crippen LogP contribution in [-0.2, 0) is 15.9 Å². The second-order valence-electron chi connectivity index (χ2n) is 8.73. The fraction of sp³-hybridized carbons (Fsp3) is 0.593. The summed E-state index contributed by atoms with van der Waals surface area (Å²) in [6, 6.07) is 7.89. The maximum atomic E-state index is 13.2. The van der Waals surface area contributed by atoms with E-state index in [0.717, 1.165) is 24.8 Å². The van der Waals surface area contributed by atoms with Crippen molar-refractivity contribution in [3.63, 3.8) is 0 Å². The largest absolute Gasteiger partial charge is 0.446 e. The van der Waals surface area contributed by atoms with Crippen LogP contribution in [0.4, 0.5) is 13.2 Å². The van der Waals surface area contributed by atoms with Gasteiger partial charge in [0.25, 0.3) is 0 Å². The van der Waals surface area contributed by atoms with E-state index in [1.165, 1.54) is 56.5 Å². The number of carbonyl (C=O) groups is 1. The van der Waals surface area contributed by atoms with Gasteiger partial charge in [-0.3, -0.25) is 0 Å². The summed E-state index contributed by atoms with van der Waals surface area (Å²) in [6.07, 6.45) is 6.60. The normalized spacial score (nSPS) is 12.5. The summed E-state index contributed by atoms with van der Waals surface area (Å²) in [4.78, 5) is 20.5. The molecule has 1 aromatic carbocycles. The first kappa shape index (κ1) is 28.8. The Kier molecular flexibility index (Phi) is 12.7. The second kappa shape index (κ2) is 15.5. The van der Waals surface area contributed by atoms with Crippen LogP contribution in [0, 0.1) is 0 Å². The number of rotatable bonds is 16. The minimum atomic E-state index is -4.72. The summed E-state index contributed by atoms with van der Waals surface area (Å²) in [5.41, 5.74) is 1.86. The molecule has 0 N–H and O–H groups in total. The van der Waals surface area contributed by atoms with Gasteiger partial charge in [-0.15, -0.1) is 0 Å². The summed E-state index contributed by atoms with van der Waals surface area (Å²) < 4.78 is 49.2. The van der Waals surface area contributed by atoms with Gasteiger partial charge in [-0.2, -0.15) is 13.2 Å². The Hall–Kier alpha value is -2.48. The number of esters is 1. The maximum absolute atomic E-state index is 13.2.